The van der Waals surface area contributed by atoms with Crippen molar-refractivity contribution in [2.24, 2.45) is 11.7 Å². The lowest BCUT2D eigenvalue weighted by molar-refractivity contribution is -0.121. The fourth-order valence-corrected chi connectivity index (χ4v) is 2.33. The number of hydrogen-bond acceptors (Lipinski definition) is 3. The van der Waals surface area contributed by atoms with Gasteiger partial charge in [-0.25, -0.2) is 13.6 Å². The first-order valence-corrected chi connectivity index (χ1v) is 7.29. The molecule has 1 saturated heterocycles. The minimum Gasteiger partial charge on any atom is -0.488 e. The van der Waals surface area contributed by atoms with Crippen molar-refractivity contribution in [3.05, 3.63) is 29.8 Å². The first-order valence-electron chi connectivity index (χ1n) is 7.29. The largest absolute Gasteiger partial charge is 0.488 e. The average molecular weight is 327 g/mol. The topological polar surface area (TPSA) is 84.7 Å². The number of benzene rings is 1. The molecule has 6 nitrogen and oxygen atoms in total. The van der Waals surface area contributed by atoms with Gasteiger partial charge in [0.2, 0.25) is 5.91 Å². The van der Waals surface area contributed by atoms with E-state index in [0.717, 1.165) is 12.1 Å². The number of nitrogens with zero attached hydrogens (tertiary/aromatic N) is 1. The summed E-state index contributed by atoms with van der Waals surface area (Å²) in [5, 5.41) is 2.70. The summed E-state index contributed by atoms with van der Waals surface area (Å²) < 4.78 is 31.4. The lowest BCUT2D eigenvalue weighted by Gasteiger charge is -2.21. The fourth-order valence-electron chi connectivity index (χ4n) is 2.33. The van der Waals surface area contributed by atoms with Crippen molar-refractivity contribution in [2.45, 2.75) is 19.4 Å². The van der Waals surface area contributed by atoms with Crippen LogP contribution in [0.4, 0.5) is 13.6 Å². The van der Waals surface area contributed by atoms with Gasteiger partial charge in [0, 0.05) is 19.2 Å². The van der Waals surface area contributed by atoms with E-state index in [1.54, 1.807) is 6.92 Å². The monoisotopic (exact) mass is 327 g/mol. The SMILES string of the molecule is C[C@H](COc1ccc(F)cc1F)NC(=O)N1CC[C@@H](C(N)=O)C1. The Bertz CT molecular complexity index is 597. The number of primary amides is 1. The molecule has 1 aliphatic heterocycles. The van der Waals surface area contributed by atoms with E-state index in [4.69, 9.17) is 10.5 Å². The van der Waals surface area contributed by atoms with Gasteiger partial charge in [0.15, 0.2) is 11.6 Å². The summed E-state index contributed by atoms with van der Waals surface area (Å²) in [6, 6.07) is 2.30. The van der Waals surface area contributed by atoms with E-state index in [1.165, 1.54) is 11.0 Å². The molecule has 0 saturated carbocycles. The number of carbonyl (C=O) groups is 2. The van der Waals surface area contributed by atoms with Crippen molar-refractivity contribution < 1.29 is 23.1 Å². The summed E-state index contributed by atoms with van der Waals surface area (Å²) >= 11 is 0. The van der Waals surface area contributed by atoms with Crippen molar-refractivity contribution >= 4 is 11.9 Å². The van der Waals surface area contributed by atoms with Crippen LogP contribution in [-0.4, -0.2) is 42.6 Å². The van der Waals surface area contributed by atoms with Crippen LogP contribution in [0.15, 0.2) is 18.2 Å². The van der Waals surface area contributed by atoms with E-state index in [9.17, 15) is 18.4 Å². The normalized spacial score (nSPS) is 18.6. The minimum atomic E-state index is -0.799. The van der Waals surface area contributed by atoms with Gasteiger partial charge in [0.05, 0.1) is 12.0 Å². The third-order valence-corrected chi connectivity index (χ3v) is 3.63. The molecule has 126 valence electrons. The molecule has 0 aliphatic carbocycles. The van der Waals surface area contributed by atoms with Crippen LogP contribution >= 0.6 is 0 Å². The molecule has 1 fully saturated rings. The highest BCUT2D eigenvalue weighted by atomic mass is 19.1. The van der Waals surface area contributed by atoms with Crippen molar-refractivity contribution in [3.8, 4) is 5.75 Å². The summed E-state index contributed by atoms with van der Waals surface area (Å²) in [6.45, 7) is 2.48. The molecule has 2 atom stereocenters. The number of halogens is 2. The lowest BCUT2D eigenvalue weighted by Crippen LogP contribution is -2.45. The Kier molecular flexibility index (Phi) is 5.36. The fraction of sp³-hybridized carbons (Fsp3) is 0.467. The summed E-state index contributed by atoms with van der Waals surface area (Å²) in [4.78, 5) is 24.6. The Morgan fingerprint density at radius 1 is 1.48 bits per heavy atom. The van der Waals surface area contributed by atoms with Gasteiger partial charge in [-0.2, -0.15) is 0 Å². The van der Waals surface area contributed by atoms with Gasteiger partial charge in [-0.3, -0.25) is 4.79 Å². The molecule has 1 aromatic carbocycles. The van der Waals surface area contributed by atoms with E-state index in [0.29, 0.717) is 19.5 Å². The number of carbonyl (C=O) groups excluding carboxylic acids is 2. The predicted octanol–water partition coefficient (Wildman–Crippen LogP) is 1.25. The summed E-state index contributed by atoms with van der Waals surface area (Å²) in [5.41, 5.74) is 5.22. The molecule has 0 radical (unpaired) electrons. The molecule has 0 bridgehead atoms. The van der Waals surface area contributed by atoms with E-state index >= 15 is 0 Å². The Morgan fingerprint density at radius 2 is 2.22 bits per heavy atom. The van der Waals surface area contributed by atoms with Crippen LogP contribution in [0.25, 0.3) is 0 Å². The van der Waals surface area contributed by atoms with Gasteiger partial charge in [-0.1, -0.05) is 0 Å². The lowest BCUT2D eigenvalue weighted by atomic mass is 10.1. The molecule has 3 N–H and O–H groups in total. The van der Waals surface area contributed by atoms with E-state index in [1.807, 2.05) is 0 Å². The number of urea groups is 1. The number of nitrogens with two attached hydrogens (primary N) is 1. The van der Waals surface area contributed by atoms with Gasteiger partial charge in [0.25, 0.3) is 0 Å². The second-order valence-electron chi connectivity index (χ2n) is 5.57. The molecular formula is C15H19F2N3O3. The highest BCUT2D eigenvalue weighted by molar-refractivity contribution is 5.80. The summed E-state index contributed by atoms with van der Waals surface area (Å²) in [7, 11) is 0. The van der Waals surface area contributed by atoms with Crippen molar-refractivity contribution in [1.82, 2.24) is 10.2 Å². The zero-order chi connectivity index (χ0) is 17.0. The summed E-state index contributed by atoms with van der Waals surface area (Å²) in [6.07, 6.45) is 0.550. The molecule has 8 heteroatoms. The van der Waals surface area contributed by atoms with Gasteiger partial charge in [0.1, 0.15) is 12.4 Å². The van der Waals surface area contributed by atoms with Crippen LogP contribution in [0.3, 0.4) is 0 Å². The molecule has 3 amide bonds. The third kappa shape index (κ3) is 4.54. The Labute approximate surface area is 132 Å². The van der Waals surface area contributed by atoms with Crippen molar-refractivity contribution in [1.29, 1.82) is 0 Å². The van der Waals surface area contributed by atoms with Gasteiger partial charge < -0.3 is 20.7 Å². The van der Waals surface area contributed by atoms with Crippen LogP contribution < -0.4 is 15.8 Å². The number of likely N-dealkylation sites (tertiary alicyclic amines) is 1. The maximum atomic E-state index is 13.4. The quantitative estimate of drug-likeness (QED) is 0.853. The maximum absolute atomic E-state index is 13.4. The number of amides is 3. The molecule has 23 heavy (non-hydrogen) atoms. The van der Waals surface area contributed by atoms with Crippen LogP contribution in [-0.2, 0) is 4.79 Å². The molecule has 0 spiro atoms. The number of ether oxygens (including phenoxy) is 1. The highest BCUT2D eigenvalue weighted by Gasteiger charge is 2.30. The maximum Gasteiger partial charge on any atom is 0.317 e. The second-order valence-corrected chi connectivity index (χ2v) is 5.57. The molecule has 0 unspecified atom stereocenters. The van der Waals surface area contributed by atoms with Crippen molar-refractivity contribution in [3.63, 3.8) is 0 Å². The molecule has 1 aromatic rings. The van der Waals surface area contributed by atoms with Crippen LogP contribution in [0, 0.1) is 17.6 Å². The summed E-state index contributed by atoms with van der Waals surface area (Å²) in [5.74, 6) is -2.30. The molecule has 2 rings (SSSR count). The molecule has 1 aliphatic rings. The van der Waals surface area contributed by atoms with E-state index in [-0.39, 0.29) is 30.3 Å². The first-order chi connectivity index (χ1) is 10.9. The van der Waals surface area contributed by atoms with Gasteiger partial charge in [-0.05, 0) is 25.5 Å². The van der Waals surface area contributed by atoms with Crippen molar-refractivity contribution in [2.75, 3.05) is 19.7 Å². The first kappa shape index (κ1) is 17.0. The Hall–Kier alpha value is -2.38. The standard InChI is InChI=1S/C15H19F2N3O3/c1-9(8-23-13-3-2-11(16)6-12(13)17)19-15(22)20-5-4-10(7-20)14(18)21/h2-3,6,9-10H,4-5,7-8H2,1H3,(H2,18,21)(H,19,22)/t9-,10-/m1/s1. The van der Waals surface area contributed by atoms with Crippen LogP contribution in [0.1, 0.15) is 13.3 Å². The molecule has 1 heterocycles. The predicted molar refractivity (Wildman–Crippen MR) is 78.7 cm³/mol. The smallest absolute Gasteiger partial charge is 0.317 e. The average Bonchev–Trinajstić information content (AvgIpc) is 2.96. The molecule has 0 aromatic heterocycles. The Balaban J connectivity index is 1.79. The number of rotatable bonds is 5. The zero-order valence-corrected chi connectivity index (χ0v) is 12.7. The second kappa shape index (κ2) is 7.26. The Morgan fingerprint density at radius 3 is 2.83 bits per heavy atom. The van der Waals surface area contributed by atoms with Crippen LogP contribution in [0.5, 0.6) is 5.75 Å². The minimum absolute atomic E-state index is 0.0291. The van der Waals surface area contributed by atoms with E-state index in [2.05, 4.69) is 5.32 Å². The highest BCUT2D eigenvalue weighted by Crippen LogP contribution is 2.18. The van der Waals surface area contributed by atoms with Gasteiger partial charge in [-0.15, -0.1) is 0 Å². The van der Waals surface area contributed by atoms with Crippen LogP contribution in [0.2, 0.25) is 0 Å². The zero-order valence-electron chi connectivity index (χ0n) is 12.7. The number of hydrogen-bond donors (Lipinski definition) is 2. The number of nitrogens with one attached hydrogen (secondary N) is 1. The van der Waals surface area contributed by atoms with Gasteiger partial charge >= 0.3 is 6.03 Å². The molecular weight excluding hydrogens is 308 g/mol. The van der Waals surface area contributed by atoms with E-state index < -0.39 is 17.5 Å². The third-order valence-electron chi connectivity index (χ3n) is 3.63.